The van der Waals surface area contributed by atoms with E-state index in [1.807, 2.05) is 42.5 Å². The molecule has 2 aromatic carbocycles. The standard InChI is InChI=1S/C20H14ClN3O3/c1-27-18-5-3-2-4-14(18)15-10-17(12-6-8-13(21)9-7-12)24-19(22-15)11-16(23-24)20(25)26/h2-11H,1H3,(H,25,26). The van der Waals surface area contributed by atoms with Gasteiger partial charge in [-0.3, -0.25) is 0 Å². The predicted molar refractivity (Wildman–Crippen MR) is 102 cm³/mol. The Hall–Kier alpha value is -3.38. The number of hydrogen-bond acceptors (Lipinski definition) is 4. The summed E-state index contributed by atoms with van der Waals surface area (Å²) < 4.78 is 6.96. The quantitative estimate of drug-likeness (QED) is 0.567. The number of carboxylic acids is 1. The number of benzene rings is 2. The molecule has 2 heterocycles. The summed E-state index contributed by atoms with van der Waals surface area (Å²) in [4.78, 5) is 16.0. The molecule has 0 fully saturated rings. The van der Waals surface area contributed by atoms with E-state index in [1.165, 1.54) is 10.6 Å². The second kappa shape index (κ2) is 6.74. The van der Waals surface area contributed by atoms with E-state index in [-0.39, 0.29) is 5.69 Å². The van der Waals surface area contributed by atoms with Crippen LogP contribution in [0.3, 0.4) is 0 Å². The Morgan fingerprint density at radius 2 is 1.85 bits per heavy atom. The fourth-order valence-electron chi connectivity index (χ4n) is 2.90. The molecule has 4 aromatic rings. The van der Waals surface area contributed by atoms with Gasteiger partial charge in [-0.05, 0) is 30.3 Å². The highest BCUT2D eigenvalue weighted by atomic mass is 35.5. The van der Waals surface area contributed by atoms with Gasteiger partial charge < -0.3 is 9.84 Å². The molecule has 0 amide bonds. The minimum atomic E-state index is -1.11. The van der Waals surface area contributed by atoms with Crippen molar-refractivity contribution in [2.75, 3.05) is 7.11 Å². The molecular weight excluding hydrogens is 366 g/mol. The molecule has 0 aliphatic heterocycles. The van der Waals surface area contributed by atoms with Gasteiger partial charge in [0.05, 0.1) is 18.5 Å². The van der Waals surface area contributed by atoms with Crippen molar-refractivity contribution in [2.45, 2.75) is 0 Å². The number of nitrogens with zero attached hydrogens (tertiary/aromatic N) is 3. The van der Waals surface area contributed by atoms with Crippen molar-refractivity contribution in [3.05, 3.63) is 71.4 Å². The molecule has 0 aliphatic rings. The lowest BCUT2D eigenvalue weighted by molar-refractivity contribution is 0.0690. The van der Waals surface area contributed by atoms with Crippen molar-refractivity contribution >= 4 is 23.2 Å². The van der Waals surface area contributed by atoms with Gasteiger partial charge in [0.2, 0.25) is 0 Å². The van der Waals surface area contributed by atoms with E-state index >= 15 is 0 Å². The largest absolute Gasteiger partial charge is 0.496 e. The molecule has 0 radical (unpaired) electrons. The first-order valence-corrected chi connectivity index (χ1v) is 8.48. The van der Waals surface area contributed by atoms with Crippen molar-refractivity contribution in [2.24, 2.45) is 0 Å². The van der Waals surface area contributed by atoms with Crippen molar-refractivity contribution < 1.29 is 14.6 Å². The van der Waals surface area contributed by atoms with Crippen LogP contribution in [-0.4, -0.2) is 32.8 Å². The Morgan fingerprint density at radius 1 is 1.11 bits per heavy atom. The highest BCUT2D eigenvalue weighted by Gasteiger charge is 2.17. The molecule has 1 N–H and O–H groups in total. The third-order valence-electron chi connectivity index (χ3n) is 4.17. The average molecular weight is 380 g/mol. The molecule has 27 heavy (non-hydrogen) atoms. The highest BCUT2D eigenvalue weighted by molar-refractivity contribution is 6.30. The number of hydrogen-bond donors (Lipinski definition) is 1. The molecule has 0 atom stereocenters. The number of fused-ring (bicyclic) bond motifs is 1. The van der Waals surface area contributed by atoms with E-state index in [1.54, 1.807) is 19.2 Å². The Labute approximate surface area is 159 Å². The normalized spacial score (nSPS) is 10.9. The van der Waals surface area contributed by atoms with Crippen LogP contribution in [0.5, 0.6) is 5.75 Å². The second-order valence-corrected chi connectivity index (χ2v) is 6.27. The van der Waals surface area contributed by atoms with Crippen LogP contribution >= 0.6 is 11.6 Å². The highest BCUT2D eigenvalue weighted by Crippen LogP contribution is 2.32. The zero-order valence-electron chi connectivity index (χ0n) is 14.3. The Kier molecular flexibility index (Phi) is 4.25. The zero-order valence-corrected chi connectivity index (χ0v) is 15.0. The molecule has 4 rings (SSSR count). The maximum atomic E-state index is 11.4. The molecule has 7 heteroatoms. The molecule has 0 bridgehead atoms. The third-order valence-corrected chi connectivity index (χ3v) is 4.42. The zero-order chi connectivity index (χ0) is 19.0. The smallest absolute Gasteiger partial charge is 0.356 e. The molecule has 2 aromatic heterocycles. The summed E-state index contributed by atoms with van der Waals surface area (Å²) in [5.74, 6) is -0.434. The van der Waals surface area contributed by atoms with E-state index in [9.17, 15) is 9.90 Å². The van der Waals surface area contributed by atoms with Gasteiger partial charge in [-0.2, -0.15) is 5.10 Å². The third kappa shape index (κ3) is 3.11. The summed E-state index contributed by atoms with van der Waals surface area (Å²) in [5.41, 5.74) is 3.35. The van der Waals surface area contributed by atoms with Gasteiger partial charge in [0.1, 0.15) is 5.75 Å². The lowest BCUT2D eigenvalue weighted by Gasteiger charge is -2.11. The van der Waals surface area contributed by atoms with Crippen LogP contribution in [0.25, 0.3) is 28.2 Å². The fourth-order valence-corrected chi connectivity index (χ4v) is 3.03. The monoisotopic (exact) mass is 379 g/mol. The molecule has 0 saturated carbocycles. The van der Waals surface area contributed by atoms with Crippen LogP contribution in [0.4, 0.5) is 0 Å². The predicted octanol–water partition coefficient (Wildman–Crippen LogP) is 4.42. The molecule has 0 aliphatic carbocycles. The summed E-state index contributed by atoms with van der Waals surface area (Å²) >= 11 is 6.00. The number of methoxy groups -OCH3 is 1. The van der Waals surface area contributed by atoms with Crippen molar-refractivity contribution in [3.63, 3.8) is 0 Å². The first-order valence-electron chi connectivity index (χ1n) is 8.10. The average Bonchev–Trinajstić information content (AvgIpc) is 3.12. The van der Waals surface area contributed by atoms with E-state index in [0.717, 1.165) is 11.1 Å². The number of halogens is 1. The maximum absolute atomic E-state index is 11.4. The second-order valence-electron chi connectivity index (χ2n) is 5.84. The lowest BCUT2D eigenvalue weighted by atomic mass is 10.1. The van der Waals surface area contributed by atoms with Gasteiger partial charge in [-0.1, -0.05) is 35.9 Å². The molecule has 0 spiro atoms. The van der Waals surface area contributed by atoms with Gasteiger partial charge in [-0.25, -0.2) is 14.3 Å². The number of aromatic nitrogens is 3. The SMILES string of the molecule is COc1ccccc1-c1cc(-c2ccc(Cl)cc2)n2nc(C(=O)O)cc2n1. The lowest BCUT2D eigenvalue weighted by Crippen LogP contribution is -2.01. The molecular formula is C20H14ClN3O3. The summed E-state index contributed by atoms with van der Waals surface area (Å²) in [5, 5.41) is 14.1. The van der Waals surface area contributed by atoms with Crippen LogP contribution in [-0.2, 0) is 0 Å². The van der Waals surface area contributed by atoms with E-state index in [4.69, 9.17) is 16.3 Å². The van der Waals surface area contributed by atoms with Gasteiger partial charge in [-0.15, -0.1) is 0 Å². The van der Waals surface area contributed by atoms with E-state index < -0.39 is 5.97 Å². The molecule has 134 valence electrons. The molecule has 6 nitrogen and oxygen atoms in total. The van der Waals surface area contributed by atoms with Crippen LogP contribution in [0.2, 0.25) is 5.02 Å². The van der Waals surface area contributed by atoms with Crippen molar-refractivity contribution in [1.29, 1.82) is 0 Å². The number of carbonyl (C=O) groups is 1. The van der Waals surface area contributed by atoms with Crippen LogP contribution in [0.15, 0.2) is 60.7 Å². The Bertz CT molecular complexity index is 1150. The van der Waals surface area contributed by atoms with E-state index in [0.29, 0.717) is 27.8 Å². The minimum Gasteiger partial charge on any atom is -0.496 e. The molecule has 0 unspecified atom stereocenters. The van der Waals surface area contributed by atoms with Gasteiger partial charge in [0.15, 0.2) is 11.3 Å². The topological polar surface area (TPSA) is 76.7 Å². The molecule has 0 saturated heterocycles. The number of rotatable bonds is 4. The van der Waals surface area contributed by atoms with Crippen molar-refractivity contribution in [1.82, 2.24) is 14.6 Å². The Morgan fingerprint density at radius 3 is 2.56 bits per heavy atom. The summed E-state index contributed by atoms with van der Waals surface area (Å²) in [6.07, 6.45) is 0. The van der Waals surface area contributed by atoms with Crippen molar-refractivity contribution in [3.8, 4) is 28.3 Å². The number of aromatic carboxylic acids is 1. The minimum absolute atomic E-state index is 0.0742. The summed E-state index contributed by atoms with van der Waals surface area (Å²) in [6, 6.07) is 18.1. The summed E-state index contributed by atoms with van der Waals surface area (Å²) in [7, 11) is 1.60. The van der Waals surface area contributed by atoms with Crippen LogP contribution in [0, 0.1) is 0 Å². The fraction of sp³-hybridized carbons (Fsp3) is 0.0500. The first kappa shape index (κ1) is 17.1. The first-order chi connectivity index (χ1) is 13.1. The summed E-state index contributed by atoms with van der Waals surface area (Å²) in [6.45, 7) is 0. The van der Waals surface area contributed by atoms with Gasteiger partial charge in [0, 0.05) is 22.2 Å². The number of carboxylic acid groups (broad SMARTS) is 1. The van der Waals surface area contributed by atoms with Gasteiger partial charge >= 0.3 is 5.97 Å². The van der Waals surface area contributed by atoms with Crippen LogP contribution in [0.1, 0.15) is 10.5 Å². The maximum Gasteiger partial charge on any atom is 0.356 e. The number of ether oxygens (including phenoxy) is 1. The number of para-hydroxylation sites is 1. The van der Waals surface area contributed by atoms with Crippen LogP contribution < -0.4 is 4.74 Å². The Balaban J connectivity index is 2.01. The van der Waals surface area contributed by atoms with Gasteiger partial charge in [0.25, 0.3) is 0 Å². The van der Waals surface area contributed by atoms with E-state index in [2.05, 4.69) is 10.1 Å².